The van der Waals surface area contributed by atoms with Crippen LogP contribution in [0.5, 0.6) is 0 Å². The van der Waals surface area contributed by atoms with Gasteiger partial charge < -0.3 is 5.32 Å². The zero-order valence-corrected chi connectivity index (χ0v) is 23.2. The maximum Gasteiger partial charge on any atom is 0.251 e. The van der Waals surface area contributed by atoms with Gasteiger partial charge in [-0.2, -0.15) is 0 Å². The number of fused-ring (bicyclic) bond motifs is 1. The second-order valence-corrected chi connectivity index (χ2v) is 11.4. The van der Waals surface area contributed by atoms with Crippen LogP contribution in [0, 0.1) is 18.6 Å². The summed E-state index contributed by atoms with van der Waals surface area (Å²) in [6.07, 6.45) is 1.44. The molecule has 0 spiro atoms. The Morgan fingerprint density at radius 2 is 1.71 bits per heavy atom. The summed E-state index contributed by atoms with van der Waals surface area (Å²) in [5.74, 6) is -2.10. The summed E-state index contributed by atoms with van der Waals surface area (Å²) in [6.45, 7) is 1.49. The molecule has 2 heterocycles. The monoisotopic (exact) mass is 588 g/mol. The van der Waals surface area contributed by atoms with E-state index in [4.69, 9.17) is 5.14 Å². The van der Waals surface area contributed by atoms with Crippen LogP contribution in [0.4, 0.5) is 8.78 Å². The van der Waals surface area contributed by atoms with Gasteiger partial charge >= 0.3 is 0 Å². The molecule has 0 radical (unpaired) electrons. The number of pyridine rings is 2. The summed E-state index contributed by atoms with van der Waals surface area (Å²) in [4.78, 5) is 30.7. The number of amides is 1. The van der Waals surface area contributed by atoms with E-state index in [2.05, 4.69) is 10.3 Å². The predicted octanol–water partition coefficient (Wildman–Crippen LogP) is 4.40. The van der Waals surface area contributed by atoms with Gasteiger partial charge in [0, 0.05) is 29.3 Å². The maximum absolute atomic E-state index is 14.1. The first-order valence-electron chi connectivity index (χ1n) is 12.9. The van der Waals surface area contributed by atoms with E-state index in [1.807, 2.05) is 19.1 Å². The van der Waals surface area contributed by atoms with Crippen LogP contribution in [-0.2, 0) is 27.8 Å². The van der Waals surface area contributed by atoms with E-state index in [9.17, 15) is 26.8 Å². The van der Waals surface area contributed by atoms with Gasteiger partial charge in [0.15, 0.2) is 0 Å². The van der Waals surface area contributed by atoms with Gasteiger partial charge in [0.2, 0.25) is 15.9 Å². The van der Waals surface area contributed by atoms with Crippen LogP contribution in [0.2, 0.25) is 0 Å². The number of rotatable bonds is 8. The number of aromatic nitrogens is 2. The Hall–Kier alpha value is -4.74. The lowest BCUT2D eigenvalue weighted by Gasteiger charge is -2.22. The molecule has 11 heteroatoms. The van der Waals surface area contributed by atoms with Crippen molar-refractivity contribution in [3.8, 4) is 11.1 Å². The van der Waals surface area contributed by atoms with Crippen molar-refractivity contribution >= 4 is 26.8 Å². The zero-order valence-electron chi connectivity index (χ0n) is 22.4. The highest BCUT2D eigenvalue weighted by molar-refractivity contribution is 7.89. The van der Waals surface area contributed by atoms with Crippen molar-refractivity contribution in [3.05, 3.63) is 130 Å². The third kappa shape index (κ3) is 6.27. The number of halogens is 2. The first-order chi connectivity index (χ1) is 20.0. The fourth-order valence-corrected chi connectivity index (χ4v) is 5.57. The summed E-state index contributed by atoms with van der Waals surface area (Å²) in [7, 11) is -4.01. The number of para-hydroxylation sites is 1. The van der Waals surface area contributed by atoms with Crippen LogP contribution in [0.3, 0.4) is 0 Å². The molecule has 1 atom stereocenters. The lowest BCUT2D eigenvalue weighted by atomic mass is 9.95. The molecule has 8 nitrogen and oxygen atoms in total. The molecule has 0 fully saturated rings. The molecule has 3 N–H and O–H groups in total. The molecule has 0 aliphatic carbocycles. The highest BCUT2D eigenvalue weighted by atomic mass is 32.2. The largest absolute Gasteiger partial charge is 0.346 e. The van der Waals surface area contributed by atoms with E-state index in [0.717, 1.165) is 29.1 Å². The first kappa shape index (κ1) is 28.8. The molecule has 214 valence electrons. The highest BCUT2D eigenvalue weighted by Crippen LogP contribution is 2.30. The van der Waals surface area contributed by atoms with Crippen LogP contribution in [0.1, 0.15) is 22.9 Å². The smallest absolute Gasteiger partial charge is 0.251 e. The predicted molar refractivity (Wildman–Crippen MR) is 155 cm³/mol. The molecular formula is C31H26F2N4O4S. The third-order valence-electron chi connectivity index (χ3n) is 6.87. The zero-order chi connectivity index (χ0) is 30.0. The molecule has 0 saturated carbocycles. The molecule has 0 saturated heterocycles. The second-order valence-electron chi connectivity index (χ2n) is 9.88. The summed E-state index contributed by atoms with van der Waals surface area (Å²) in [5.41, 5.74) is 2.51. The molecule has 1 unspecified atom stereocenters. The molecule has 0 aliphatic rings. The standard InChI is InChI=1S/C31H26F2N4O4S/c1-19-12-30(39)37(28-10-3-2-8-25(19)28)18-29(38)36-27(15-20-13-22(32)17-23(33)14-20)31-26(9-5-11-35-31)21-6-4-7-24(16-21)42(34,40)41/h2-14,16-17,27H,15,18H2,1H3,(H,36,38)(H2,34,40,41). The van der Waals surface area contributed by atoms with Crippen LogP contribution >= 0.6 is 0 Å². The molecule has 5 aromatic rings. The van der Waals surface area contributed by atoms with Gasteiger partial charge in [-0.15, -0.1) is 0 Å². The Bertz CT molecular complexity index is 1970. The Labute approximate surface area is 240 Å². The van der Waals surface area contributed by atoms with Gasteiger partial charge in [-0.25, -0.2) is 22.3 Å². The van der Waals surface area contributed by atoms with Crippen LogP contribution in [0.15, 0.2) is 101 Å². The number of sulfonamides is 1. The SMILES string of the molecule is Cc1cc(=O)n(CC(=O)NC(Cc2cc(F)cc(F)c2)c2ncccc2-c2cccc(S(N)(=O)=O)c2)c2ccccc12. The van der Waals surface area contributed by atoms with Crippen LogP contribution < -0.4 is 16.0 Å². The van der Waals surface area contributed by atoms with Crippen molar-refractivity contribution in [3.63, 3.8) is 0 Å². The summed E-state index contributed by atoms with van der Waals surface area (Å²) in [6, 6.07) is 20.1. The number of nitrogens with zero attached hydrogens (tertiary/aromatic N) is 2. The summed E-state index contributed by atoms with van der Waals surface area (Å²) in [5, 5.41) is 9.03. The fraction of sp³-hybridized carbons (Fsp3) is 0.129. The second kappa shape index (κ2) is 11.6. The molecule has 42 heavy (non-hydrogen) atoms. The third-order valence-corrected chi connectivity index (χ3v) is 7.78. The normalized spacial score (nSPS) is 12.3. The van der Waals surface area contributed by atoms with E-state index in [1.54, 1.807) is 30.3 Å². The van der Waals surface area contributed by atoms with E-state index in [0.29, 0.717) is 22.3 Å². The molecule has 1 amide bonds. The van der Waals surface area contributed by atoms with Gasteiger partial charge in [0.25, 0.3) is 5.56 Å². The van der Waals surface area contributed by atoms with Gasteiger partial charge in [-0.3, -0.25) is 19.1 Å². The van der Waals surface area contributed by atoms with Crippen LogP contribution in [0.25, 0.3) is 22.0 Å². The van der Waals surface area contributed by atoms with E-state index in [-0.39, 0.29) is 29.0 Å². The Balaban J connectivity index is 1.56. The number of benzene rings is 3. The Morgan fingerprint density at radius 1 is 0.976 bits per heavy atom. The summed E-state index contributed by atoms with van der Waals surface area (Å²) >= 11 is 0. The minimum absolute atomic E-state index is 0.0527. The Morgan fingerprint density at radius 3 is 2.45 bits per heavy atom. The Kier molecular flexibility index (Phi) is 7.97. The van der Waals surface area contributed by atoms with Gasteiger partial charge in [0.1, 0.15) is 18.2 Å². The molecule has 5 rings (SSSR count). The number of primary sulfonamides is 1. The number of hydrogen-bond acceptors (Lipinski definition) is 5. The average molecular weight is 589 g/mol. The number of nitrogens with two attached hydrogens (primary N) is 1. The van der Waals surface area contributed by atoms with Crippen molar-refractivity contribution in [2.75, 3.05) is 0 Å². The number of nitrogens with one attached hydrogen (secondary N) is 1. The lowest BCUT2D eigenvalue weighted by Crippen LogP contribution is -2.36. The fourth-order valence-electron chi connectivity index (χ4n) is 5.01. The van der Waals surface area contributed by atoms with E-state index in [1.165, 1.54) is 35.0 Å². The molecule has 3 aromatic carbocycles. The topological polar surface area (TPSA) is 124 Å². The van der Waals surface area contributed by atoms with Gasteiger partial charge in [-0.05, 0) is 66.4 Å². The van der Waals surface area contributed by atoms with Crippen LogP contribution in [-0.4, -0.2) is 23.9 Å². The van der Waals surface area contributed by atoms with E-state index >= 15 is 0 Å². The minimum atomic E-state index is -4.01. The first-order valence-corrected chi connectivity index (χ1v) is 14.5. The number of carbonyl (C=O) groups is 1. The summed E-state index contributed by atoms with van der Waals surface area (Å²) < 4.78 is 53.6. The maximum atomic E-state index is 14.1. The molecular weight excluding hydrogens is 562 g/mol. The van der Waals surface area contributed by atoms with Crippen molar-refractivity contribution in [1.29, 1.82) is 0 Å². The number of aryl methyl sites for hydroxylation is 1. The number of carbonyl (C=O) groups excluding carboxylic acids is 1. The van der Waals surface area contributed by atoms with Crippen molar-refractivity contribution < 1.29 is 22.0 Å². The number of hydrogen-bond donors (Lipinski definition) is 2. The molecule has 0 aliphatic heterocycles. The van der Waals surface area contributed by atoms with Crippen molar-refractivity contribution in [2.24, 2.45) is 5.14 Å². The lowest BCUT2D eigenvalue weighted by molar-refractivity contribution is -0.122. The van der Waals surface area contributed by atoms with Crippen molar-refractivity contribution in [2.45, 2.75) is 30.8 Å². The molecule has 2 aromatic heterocycles. The minimum Gasteiger partial charge on any atom is -0.346 e. The van der Waals surface area contributed by atoms with Crippen molar-refractivity contribution in [1.82, 2.24) is 14.9 Å². The average Bonchev–Trinajstić information content (AvgIpc) is 2.94. The molecule has 0 bridgehead atoms. The van der Waals surface area contributed by atoms with Gasteiger partial charge in [0.05, 0.1) is 22.1 Å². The van der Waals surface area contributed by atoms with Gasteiger partial charge in [-0.1, -0.05) is 36.4 Å². The quantitative estimate of drug-likeness (QED) is 0.278. The highest BCUT2D eigenvalue weighted by Gasteiger charge is 2.23. The van der Waals surface area contributed by atoms with E-state index < -0.39 is 33.6 Å².